The van der Waals surface area contributed by atoms with Gasteiger partial charge in [-0.1, -0.05) is 54.6 Å². The Morgan fingerprint density at radius 2 is 1.77 bits per heavy atom. The zero-order valence-electron chi connectivity index (χ0n) is 17.5. The first-order chi connectivity index (χ1) is 14.2. The summed E-state index contributed by atoms with van der Waals surface area (Å²) in [6.45, 7) is 3.29. The Hall–Kier alpha value is -2.09. The molecule has 4 rings (SSSR count). The predicted molar refractivity (Wildman–Crippen MR) is 132 cm³/mol. The first-order valence-electron chi connectivity index (χ1n) is 10.6. The predicted octanol–water partition coefficient (Wildman–Crippen LogP) is 3.20. The van der Waals surface area contributed by atoms with Crippen LogP contribution in [-0.2, 0) is 17.6 Å². The van der Waals surface area contributed by atoms with Gasteiger partial charge in [0, 0.05) is 51.5 Å². The summed E-state index contributed by atoms with van der Waals surface area (Å²) in [5.41, 5.74) is 4.19. The molecule has 1 heterocycles. The minimum Gasteiger partial charge on any atom is -0.356 e. The number of halogens is 1. The fourth-order valence-corrected chi connectivity index (χ4v) is 4.34. The smallest absolute Gasteiger partial charge is 0.223 e. The lowest BCUT2D eigenvalue weighted by Gasteiger charge is -2.30. The molecule has 0 saturated carbocycles. The Morgan fingerprint density at radius 1 is 1.03 bits per heavy atom. The Labute approximate surface area is 196 Å². The summed E-state index contributed by atoms with van der Waals surface area (Å²) in [6, 6.07) is 19.0. The van der Waals surface area contributed by atoms with E-state index in [1.807, 2.05) is 11.0 Å². The van der Waals surface area contributed by atoms with Crippen LogP contribution in [0.2, 0.25) is 0 Å². The van der Waals surface area contributed by atoms with Gasteiger partial charge in [-0.05, 0) is 29.5 Å². The Morgan fingerprint density at radius 3 is 2.53 bits per heavy atom. The van der Waals surface area contributed by atoms with E-state index in [-0.39, 0.29) is 29.9 Å². The van der Waals surface area contributed by atoms with Crippen LogP contribution in [0.1, 0.15) is 29.0 Å². The summed E-state index contributed by atoms with van der Waals surface area (Å²) in [5, 5.41) is 6.86. The highest BCUT2D eigenvalue weighted by atomic mass is 127. The molecule has 2 aromatic carbocycles. The van der Waals surface area contributed by atoms with E-state index in [2.05, 4.69) is 64.2 Å². The van der Waals surface area contributed by atoms with E-state index in [0.717, 1.165) is 45.0 Å². The van der Waals surface area contributed by atoms with Crippen LogP contribution in [0, 0.1) is 5.92 Å². The zero-order valence-corrected chi connectivity index (χ0v) is 19.8. The van der Waals surface area contributed by atoms with Crippen LogP contribution >= 0.6 is 24.0 Å². The summed E-state index contributed by atoms with van der Waals surface area (Å²) < 4.78 is 0. The third-order valence-corrected chi connectivity index (χ3v) is 6.07. The van der Waals surface area contributed by atoms with Crippen LogP contribution < -0.4 is 10.6 Å². The number of hydrogen-bond donors (Lipinski definition) is 2. The van der Waals surface area contributed by atoms with Gasteiger partial charge in [0.05, 0.1) is 0 Å². The van der Waals surface area contributed by atoms with Gasteiger partial charge in [0.25, 0.3) is 0 Å². The molecule has 0 aromatic heterocycles. The lowest BCUT2D eigenvalue weighted by Crippen LogP contribution is -2.43. The highest BCUT2D eigenvalue weighted by Crippen LogP contribution is 2.33. The molecule has 0 bridgehead atoms. The van der Waals surface area contributed by atoms with Gasteiger partial charge in [0.15, 0.2) is 5.96 Å². The third kappa shape index (κ3) is 5.53. The quantitative estimate of drug-likeness (QED) is 0.337. The Kier molecular flexibility index (Phi) is 8.13. The number of amides is 1. The molecule has 2 aromatic rings. The van der Waals surface area contributed by atoms with Crippen molar-refractivity contribution in [2.45, 2.75) is 25.2 Å². The number of benzene rings is 2. The minimum absolute atomic E-state index is 0. The lowest BCUT2D eigenvalue weighted by molar-refractivity contribution is -0.127. The molecule has 2 aliphatic rings. The van der Waals surface area contributed by atoms with Crippen molar-refractivity contribution < 1.29 is 4.79 Å². The zero-order chi connectivity index (χ0) is 20.1. The van der Waals surface area contributed by atoms with Gasteiger partial charge in [-0.3, -0.25) is 9.79 Å². The summed E-state index contributed by atoms with van der Waals surface area (Å²) in [7, 11) is 1.80. The van der Waals surface area contributed by atoms with Gasteiger partial charge in [0.2, 0.25) is 5.91 Å². The fourth-order valence-electron chi connectivity index (χ4n) is 4.34. The normalized spacial score (nSPS) is 20.2. The second-order valence-electron chi connectivity index (χ2n) is 8.08. The van der Waals surface area contributed by atoms with Gasteiger partial charge >= 0.3 is 0 Å². The molecule has 160 valence electrons. The molecular weight excluding hydrogens is 487 g/mol. The summed E-state index contributed by atoms with van der Waals surface area (Å²) in [5.74, 6) is 1.99. The number of aliphatic imine (C=N–C) groups is 1. The largest absolute Gasteiger partial charge is 0.356 e. The molecule has 5 nitrogen and oxygen atoms in total. The van der Waals surface area contributed by atoms with E-state index in [1.165, 1.54) is 16.7 Å². The van der Waals surface area contributed by atoms with Crippen LogP contribution in [-0.4, -0.2) is 50.0 Å². The number of carbonyl (C=O) groups excluding carboxylic acids is 1. The van der Waals surface area contributed by atoms with E-state index >= 15 is 0 Å². The number of nitrogens with zero attached hydrogens (tertiary/aromatic N) is 2. The van der Waals surface area contributed by atoms with Crippen molar-refractivity contribution in [3.63, 3.8) is 0 Å². The maximum Gasteiger partial charge on any atom is 0.223 e. The van der Waals surface area contributed by atoms with Gasteiger partial charge < -0.3 is 15.5 Å². The topological polar surface area (TPSA) is 56.7 Å². The molecule has 6 heteroatoms. The van der Waals surface area contributed by atoms with Crippen molar-refractivity contribution in [2.24, 2.45) is 10.9 Å². The average molecular weight is 518 g/mol. The lowest BCUT2D eigenvalue weighted by atomic mass is 9.78. The molecule has 1 saturated heterocycles. The number of fused-ring (bicyclic) bond motifs is 1. The first-order valence-corrected chi connectivity index (χ1v) is 10.6. The SMILES string of the molecule is CN=C(NCC1CC(=O)N(CCc2ccccc2)C1)NCC1Cc2ccccc21.I. The molecule has 1 aliphatic carbocycles. The first kappa shape index (κ1) is 22.6. The van der Waals surface area contributed by atoms with Crippen molar-refractivity contribution in [1.82, 2.24) is 15.5 Å². The van der Waals surface area contributed by atoms with Gasteiger partial charge in [-0.25, -0.2) is 0 Å². The number of rotatable bonds is 7. The van der Waals surface area contributed by atoms with E-state index in [0.29, 0.717) is 18.3 Å². The monoisotopic (exact) mass is 518 g/mol. The highest BCUT2D eigenvalue weighted by Gasteiger charge is 2.29. The summed E-state index contributed by atoms with van der Waals surface area (Å²) >= 11 is 0. The van der Waals surface area contributed by atoms with E-state index in [9.17, 15) is 4.79 Å². The van der Waals surface area contributed by atoms with E-state index in [1.54, 1.807) is 7.05 Å². The number of nitrogens with one attached hydrogen (secondary N) is 2. The van der Waals surface area contributed by atoms with E-state index in [4.69, 9.17) is 0 Å². The van der Waals surface area contributed by atoms with Crippen molar-refractivity contribution >= 4 is 35.8 Å². The average Bonchev–Trinajstić information content (AvgIpc) is 3.09. The molecule has 1 amide bonds. The van der Waals surface area contributed by atoms with Gasteiger partial charge in [-0.15, -0.1) is 24.0 Å². The molecule has 1 fully saturated rings. The van der Waals surface area contributed by atoms with Crippen LogP contribution in [0.15, 0.2) is 59.6 Å². The number of carbonyl (C=O) groups is 1. The maximum atomic E-state index is 12.4. The minimum atomic E-state index is 0. The van der Waals surface area contributed by atoms with Crippen molar-refractivity contribution in [1.29, 1.82) is 0 Å². The Balaban J connectivity index is 0.00000256. The molecule has 2 N–H and O–H groups in total. The highest BCUT2D eigenvalue weighted by molar-refractivity contribution is 14.0. The molecule has 0 spiro atoms. The van der Waals surface area contributed by atoms with Crippen LogP contribution in [0.3, 0.4) is 0 Å². The van der Waals surface area contributed by atoms with Crippen molar-refractivity contribution in [3.8, 4) is 0 Å². The third-order valence-electron chi connectivity index (χ3n) is 6.07. The van der Waals surface area contributed by atoms with Gasteiger partial charge in [-0.2, -0.15) is 0 Å². The maximum absolute atomic E-state index is 12.4. The molecule has 0 radical (unpaired) electrons. The number of hydrogen-bond acceptors (Lipinski definition) is 2. The van der Waals surface area contributed by atoms with Gasteiger partial charge in [0.1, 0.15) is 0 Å². The van der Waals surface area contributed by atoms with Crippen LogP contribution in [0.5, 0.6) is 0 Å². The fraction of sp³-hybridized carbons (Fsp3) is 0.417. The summed E-state index contributed by atoms with van der Waals surface area (Å²) in [4.78, 5) is 18.7. The van der Waals surface area contributed by atoms with Crippen molar-refractivity contribution in [3.05, 3.63) is 71.3 Å². The van der Waals surface area contributed by atoms with Crippen LogP contribution in [0.25, 0.3) is 0 Å². The molecular formula is C24H31IN4O. The standard InChI is InChI=1S/C24H30N4O.HI/c1-25-24(27-16-21-14-20-9-5-6-10-22(20)21)26-15-19-13-23(29)28(17-19)12-11-18-7-3-2-4-8-18;/h2-10,19,21H,11-17H2,1H3,(H2,25,26,27);1H. The molecule has 2 atom stereocenters. The molecule has 30 heavy (non-hydrogen) atoms. The number of likely N-dealkylation sites (tertiary alicyclic amines) is 1. The second kappa shape index (κ2) is 10.8. The number of guanidine groups is 1. The van der Waals surface area contributed by atoms with E-state index < -0.39 is 0 Å². The Bertz CT molecular complexity index is 871. The van der Waals surface area contributed by atoms with Crippen molar-refractivity contribution in [2.75, 3.05) is 33.2 Å². The molecule has 1 aliphatic heterocycles. The second-order valence-corrected chi connectivity index (χ2v) is 8.08. The van der Waals surface area contributed by atoms with Crippen LogP contribution in [0.4, 0.5) is 0 Å². The summed E-state index contributed by atoms with van der Waals surface area (Å²) in [6.07, 6.45) is 2.67. The molecule has 2 unspecified atom stereocenters.